The highest BCUT2D eigenvalue weighted by Gasteiger charge is 2.39. The number of benzene rings is 1. The molecule has 0 spiro atoms. The van der Waals surface area contributed by atoms with Gasteiger partial charge in [-0.3, -0.25) is 14.5 Å². The predicted octanol–water partition coefficient (Wildman–Crippen LogP) is 1.60. The van der Waals surface area contributed by atoms with Crippen LogP contribution < -0.4 is 15.4 Å². The van der Waals surface area contributed by atoms with E-state index in [9.17, 15) is 14.4 Å². The first-order chi connectivity index (χ1) is 10.9. The Morgan fingerprint density at radius 1 is 1.35 bits per heavy atom. The van der Waals surface area contributed by atoms with Crippen molar-refractivity contribution in [1.29, 1.82) is 0 Å². The zero-order valence-electron chi connectivity index (χ0n) is 13.5. The molecule has 1 fully saturated rings. The van der Waals surface area contributed by atoms with Crippen molar-refractivity contribution in [2.45, 2.75) is 26.3 Å². The maximum atomic E-state index is 12.2. The molecule has 0 unspecified atom stereocenters. The van der Waals surface area contributed by atoms with Gasteiger partial charge in [-0.05, 0) is 24.5 Å². The van der Waals surface area contributed by atoms with E-state index in [-0.39, 0.29) is 18.4 Å². The molecule has 0 aromatic heterocycles. The normalized spacial score (nSPS) is 17.4. The number of para-hydroxylation sites is 2. The van der Waals surface area contributed by atoms with E-state index >= 15 is 0 Å². The number of anilines is 1. The summed E-state index contributed by atoms with van der Waals surface area (Å²) in [6.45, 7) is 3.62. The summed E-state index contributed by atoms with van der Waals surface area (Å²) in [5, 5.41) is 5.26. The van der Waals surface area contributed by atoms with Crippen LogP contribution in [0.15, 0.2) is 24.3 Å². The van der Waals surface area contributed by atoms with Crippen LogP contribution in [0, 0.1) is 5.92 Å². The van der Waals surface area contributed by atoms with E-state index < -0.39 is 18.0 Å². The molecular formula is C16H21N3O4. The van der Waals surface area contributed by atoms with Gasteiger partial charge in [-0.1, -0.05) is 26.0 Å². The molecule has 1 heterocycles. The summed E-state index contributed by atoms with van der Waals surface area (Å²) in [6.07, 6.45) is 0.551. The number of nitrogens with zero attached hydrogens (tertiary/aromatic N) is 1. The lowest BCUT2D eigenvalue weighted by atomic mass is 10.0. The predicted molar refractivity (Wildman–Crippen MR) is 85.1 cm³/mol. The van der Waals surface area contributed by atoms with Gasteiger partial charge >= 0.3 is 6.03 Å². The van der Waals surface area contributed by atoms with Crippen LogP contribution in [0.2, 0.25) is 0 Å². The van der Waals surface area contributed by atoms with E-state index in [1.807, 2.05) is 13.8 Å². The Balaban J connectivity index is 2.00. The van der Waals surface area contributed by atoms with Crippen LogP contribution in [0.5, 0.6) is 5.75 Å². The fourth-order valence-corrected chi connectivity index (χ4v) is 2.44. The van der Waals surface area contributed by atoms with Crippen LogP contribution in [0.4, 0.5) is 10.5 Å². The second kappa shape index (κ2) is 7.13. The Hall–Kier alpha value is -2.57. The SMILES string of the molecule is COc1ccccc1NC(=O)CN1C(=O)N[C@H](CC(C)C)C1=O. The monoisotopic (exact) mass is 319 g/mol. The van der Waals surface area contributed by atoms with Crippen LogP contribution in [-0.4, -0.2) is 42.4 Å². The summed E-state index contributed by atoms with van der Waals surface area (Å²) in [6, 6.07) is 5.84. The highest BCUT2D eigenvalue weighted by atomic mass is 16.5. The Morgan fingerprint density at radius 2 is 2.04 bits per heavy atom. The topological polar surface area (TPSA) is 87.7 Å². The largest absolute Gasteiger partial charge is 0.495 e. The van der Waals surface area contributed by atoms with Crippen molar-refractivity contribution in [3.63, 3.8) is 0 Å². The van der Waals surface area contributed by atoms with Crippen molar-refractivity contribution < 1.29 is 19.1 Å². The van der Waals surface area contributed by atoms with Crippen LogP contribution in [0.3, 0.4) is 0 Å². The second-order valence-corrected chi connectivity index (χ2v) is 5.80. The average Bonchev–Trinajstić information content (AvgIpc) is 2.74. The number of amides is 4. The molecule has 1 aliphatic heterocycles. The first kappa shape index (κ1) is 16.8. The summed E-state index contributed by atoms with van der Waals surface area (Å²) >= 11 is 0. The summed E-state index contributed by atoms with van der Waals surface area (Å²) in [5.74, 6) is -0.0376. The number of rotatable bonds is 6. The molecule has 2 N–H and O–H groups in total. The van der Waals surface area contributed by atoms with Crippen molar-refractivity contribution >= 4 is 23.5 Å². The van der Waals surface area contributed by atoms with E-state index in [0.717, 1.165) is 4.90 Å². The Labute approximate surface area is 135 Å². The van der Waals surface area contributed by atoms with Crippen molar-refractivity contribution in [3.05, 3.63) is 24.3 Å². The quantitative estimate of drug-likeness (QED) is 0.780. The van der Waals surface area contributed by atoms with Gasteiger partial charge in [0.15, 0.2) is 0 Å². The summed E-state index contributed by atoms with van der Waals surface area (Å²) in [5.41, 5.74) is 0.491. The Kier molecular flexibility index (Phi) is 5.20. The van der Waals surface area contributed by atoms with Gasteiger partial charge in [-0.25, -0.2) is 4.79 Å². The van der Waals surface area contributed by atoms with Crippen molar-refractivity contribution in [3.8, 4) is 5.75 Å². The lowest BCUT2D eigenvalue weighted by Crippen LogP contribution is -2.38. The van der Waals surface area contributed by atoms with E-state index in [0.29, 0.717) is 17.9 Å². The number of ether oxygens (including phenoxy) is 1. The smallest absolute Gasteiger partial charge is 0.325 e. The molecule has 0 bridgehead atoms. The van der Waals surface area contributed by atoms with Crippen LogP contribution in [0.1, 0.15) is 20.3 Å². The first-order valence-corrected chi connectivity index (χ1v) is 7.47. The minimum Gasteiger partial charge on any atom is -0.495 e. The second-order valence-electron chi connectivity index (χ2n) is 5.80. The molecule has 1 aliphatic rings. The number of methoxy groups -OCH3 is 1. The first-order valence-electron chi connectivity index (χ1n) is 7.47. The summed E-state index contributed by atoms with van der Waals surface area (Å²) in [4.78, 5) is 37.1. The van der Waals surface area contributed by atoms with E-state index in [4.69, 9.17) is 4.74 Å². The zero-order valence-corrected chi connectivity index (χ0v) is 13.5. The van der Waals surface area contributed by atoms with Crippen molar-refractivity contribution in [2.75, 3.05) is 19.0 Å². The maximum Gasteiger partial charge on any atom is 0.325 e. The fourth-order valence-electron chi connectivity index (χ4n) is 2.44. The van der Waals surface area contributed by atoms with E-state index in [1.165, 1.54) is 7.11 Å². The highest BCUT2D eigenvalue weighted by molar-refractivity contribution is 6.08. The number of imide groups is 1. The Bertz CT molecular complexity index is 615. The van der Waals surface area contributed by atoms with Crippen LogP contribution in [0.25, 0.3) is 0 Å². The molecule has 1 aromatic rings. The minimum atomic E-state index is -0.554. The number of hydrogen-bond donors (Lipinski definition) is 2. The number of nitrogens with one attached hydrogen (secondary N) is 2. The van der Waals surface area contributed by atoms with Gasteiger partial charge in [-0.2, -0.15) is 0 Å². The van der Waals surface area contributed by atoms with Gasteiger partial charge in [0.05, 0.1) is 12.8 Å². The lowest BCUT2D eigenvalue weighted by Gasteiger charge is -2.14. The lowest BCUT2D eigenvalue weighted by molar-refractivity contribution is -0.131. The van der Waals surface area contributed by atoms with Crippen LogP contribution in [-0.2, 0) is 9.59 Å². The third-order valence-electron chi connectivity index (χ3n) is 3.50. The number of hydrogen-bond acceptors (Lipinski definition) is 4. The van der Waals surface area contributed by atoms with Crippen molar-refractivity contribution in [2.24, 2.45) is 5.92 Å². The fraction of sp³-hybridized carbons (Fsp3) is 0.438. The van der Waals surface area contributed by atoms with Gasteiger partial charge in [0.1, 0.15) is 18.3 Å². The molecule has 1 atom stereocenters. The van der Waals surface area contributed by atoms with Crippen molar-refractivity contribution in [1.82, 2.24) is 10.2 Å². The van der Waals surface area contributed by atoms with Gasteiger partial charge in [0.2, 0.25) is 5.91 Å². The molecule has 0 aliphatic carbocycles. The molecule has 2 rings (SSSR count). The van der Waals surface area contributed by atoms with Gasteiger partial charge in [0.25, 0.3) is 5.91 Å². The third-order valence-corrected chi connectivity index (χ3v) is 3.50. The van der Waals surface area contributed by atoms with Gasteiger partial charge < -0.3 is 15.4 Å². The molecule has 23 heavy (non-hydrogen) atoms. The maximum absolute atomic E-state index is 12.2. The third kappa shape index (κ3) is 4.00. The van der Waals surface area contributed by atoms with E-state index in [2.05, 4.69) is 10.6 Å². The minimum absolute atomic E-state index is 0.270. The molecule has 1 aromatic carbocycles. The molecule has 0 saturated carbocycles. The van der Waals surface area contributed by atoms with Gasteiger partial charge in [0, 0.05) is 0 Å². The Morgan fingerprint density at radius 3 is 2.70 bits per heavy atom. The summed E-state index contributed by atoms with van der Waals surface area (Å²) in [7, 11) is 1.50. The number of carbonyl (C=O) groups excluding carboxylic acids is 3. The number of urea groups is 1. The number of carbonyl (C=O) groups is 3. The summed E-state index contributed by atoms with van der Waals surface area (Å²) < 4.78 is 5.14. The van der Waals surface area contributed by atoms with Gasteiger partial charge in [-0.15, -0.1) is 0 Å². The molecular weight excluding hydrogens is 298 g/mol. The molecule has 7 nitrogen and oxygen atoms in total. The zero-order chi connectivity index (χ0) is 17.0. The molecule has 124 valence electrons. The highest BCUT2D eigenvalue weighted by Crippen LogP contribution is 2.23. The standard InChI is InChI=1S/C16H21N3O4/c1-10(2)8-12-15(21)19(16(22)18-12)9-14(20)17-11-6-4-5-7-13(11)23-3/h4-7,10,12H,8-9H2,1-3H3,(H,17,20)(H,18,22)/t12-/m1/s1. The molecule has 0 radical (unpaired) electrons. The molecule has 1 saturated heterocycles. The molecule has 4 amide bonds. The van der Waals surface area contributed by atoms with Crippen LogP contribution >= 0.6 is 0 Å². The molecule has 7 heteroatoms. The van der Waals surface area contributed by atoms with E-state index in [1.54, 1.807) is 24.3 Å². The average molecular weight is 319 g/mol.